The second-order valence-electron chi connectivity index (χ2n) is 4.08. The molecule has 18 heavy (non-hydrogen) atoms. The Labute approximate surface area is 105 Å². The molecule has 0 aliphatic carbocycles. The summed E-state index contributed by atoms with van der Waals surface area (Å²) in [5.74, 6) is -0.907. The van der Waals surface area contributed by atoms with Gasteiger partial charge in [-0.3, -0.25) is 9.59 Å². The van der Waals surface area contributed by atoms with E-state index in [4.69, 9.17) is 5.26 Å². The summed E-state index contributed by atoms with van der Waals surface area (Å²) in [7, 11) is 3.44. The van der Waals surface area contributed by atoms with Crippen molar-refractivity contribution in [2.75, 3.05) is 14.1 Å². The highest BCUT2D eigenvalue weighted by molar-refractivity contribution is 6.22. The first-order valence-electron chi connectivity index (χ1n) is 5.32. The van der Waals surface area contributed by atoms with Crippen molar-refractivity contribution in [3.8, 4) is 6.07 Å². The normalized spacial score (nSPS) is 14.5. The molecule has 1 heterocycles. The lowest BCUT2D eigenvalue weighted by molar-refractivity contribution is 0.0709. The molecule has 90 valence electrons. The summed E-state index contributed by atoms with van der Waals surface area (Å²) in [6.45, 7) is 0. The van der Waals surface area contributed by atoms with Crippen molar-refractivity contribution in [1.82, 2.24) is 9.80 Å². The van der Waals surface area contributed by atoms with Gasteiger partial charge >= 0.3 is 0 Å². The Morgan fingerprint density at radius 3 is 2.11 bits per heavy atom. The van der Waals surface area contributed by atoms with E-state index >= 15 is 0 Å². The maximum atomic E-state index is 12.1. The van der Waals surface area contributed by atoms with E-state index in [1.165, 1.54) is 6.20 Å². The van der Waals surface area contributed by atoms with Crippen LogP contribution in [0, 0.1) is 11.3 Å². The Morgan fingerprint density at radius 1 is 1.22 bits per heavy atom. The first-order chi connectivity index (χ1) is 8.56. The number of hydrogen-bond acceptors (Lipinski definition) is 4. The molecule has 5 nitrogen and oxygen atoms in total. The van der Waals surface area contributed by atoms with Crippen LogP contribution in [0.2, 0.25) is 0 Å². The van der Waals surface area contributed by atoms with E-state index in [0.29, 0.717) is 11.1 Å². The van der Waals surface area contributed by atoms with E-state index in [1.54, 1.807) is 43.3 Å². The quantitative estimate of drug-likeness (QED) is 0.576. The average molecular weight is 241 g/mol. The number of carbonyl (C=O) groups is 2. The smallest absolute Gasteiger partial charge is 0.266 e. The van der Waals surface area contributed by atoms with E-state index in [2.05, 4.69) is 0 Å². The Morgan fingerprint density at radius 2 is 1.72 bits per heavy atom. The molecule has 1 aromatic rings. The number of nitrogens with zero attached hydrogens (tertiary/aromatic N) is 3. The zero-order valence-electron chi connectivity index (χ0n) is 10.0. The first-order valence-corrected chi connectivity index (χ1v) is 5.32. The molecule has 1 aromatic carbocycles. The van der Waals surface area contributed by atoms with Crippen molar-refractivity contribution in [2.45, 2.75) is 0 Å². The minimum atomic E-state index is -0.453. The number of carbonyl (C=O) groups excluding carboxylic acids is 2. The summed E-state index contributed by atoms with van der Waals surface area (Å²) >= 11 is 0. The average Bonchev–Trinajstić information content (AvgIpc) is 2.60. The molecule has 0 bridgehead atoms. The van der Waals surface area contributed by atoms with Crippen LogP contribution in [0.4, 0.5) is 0 Å². The van der Waals surface area contributed by atoms with Crippen molar-refractivity contribution in [2.24, 2.45) is 0 Å². The van der Waals surface area contributed by atoms with Crippen LogP contribution >= 0.6 is 0 Å². The molecule has 0 fully saturated rings. The van der Waals surface area contributed by atoms with Crippen molar-refractivity contribution < 1.29 is 9.59 Å². The van der Waals surface area contributed by atoms with Crippen molar-refractivity contribution >= 4 is 11.8 Å². The van der Waals surface area contributed by atoms with Gasteiger partial charge in [0.2, 0.25) is 0 Å². The monoisotopic (exact) mass is 241 g/mol. The predicted octanol–water partition coefficient (Wildman–Crippen LogP) is 1.21. The van der Waals surface area contributed by atoms with Crippen LogP contribution in [-0.4, -0.2) is 35.7 Å². The third kappa shape index (κ3) is 1.74. The number of benzene rings is 1. The van der Waals surface area contributed by atoms with Gasteiger partial charge in [0, 0.05) is 20.3 Å². The number of allylic oxidation sites excluding steroid dienone is 1. The molecule has 0 N–H and O–H groups in total. The lowest BCUT2D eigenvalue weighted by Crippen LogP contribution is -2.29. The van der Waals surface area contributed by atoms with Gasteiger partial charge in [0.15, 0.2) is 0 Å². The summed E-state index contributed by atoms with van der Waals surface area (Å²) in [6.07, 6.45) is 1.45. The second-order valence-corrected chi connectivity index (χ2v) is 4.08. The molecule has 1 aliphatic heterocycles. The molecule has 0 aromatic heterocycles. The van der Waals surface area contributed by atoms with Gasteiger partial charge in [-0.2, -0.15) is 5.26 Å². The molecule has 0 saturated heterocycles. The summed E-state index contributed by atoms with van der Waals surface area (Å²) < 4.78 is 0. The molecule has 5 heteroatoms. The van der Waals surface area contributed by atoms with Crippen LogP contribution in [0.25, 0.3) is 0 Å². The van der Waals surface area contributed by atoms with Gasteiger partial charge in [0.1, 0.15) is 11.8 Å². The first kappa shape index (κ1) is 11.9. The summed E-state index contributed by atoms with van der Waals surface area (Å²) in [4.78, 5) is 26.7. The SMILES string of the molecule is CN(C)/C=C(/C#N)N1C(=O)c2ccccc2C1=O. The van der Waals surface area contributed by atoms with Gasteiger partial charge in [0.05, 0.1) is 11.1 Å². The molecule has 0 saturated carbocycles. The molecule has 0 spiro atoms. The number of imide groups is 1. The maximum Gasteiger partial charge on any atom is 0.266 e. The topological polar surface area (TPSA) is 64.4 Å². The fourth-order valence-corrected chi connectivity index (χ4v) is 1.79. The highest BCUT2D eigenvalue weighted by atomic mass is 16.2. The number of hydrogen-bond donors (Lipinski definition) is 0. The fraction of sp³-hybridized carbons (Fsp3) is 0.154. The van der Waals surface area contributed by atoms with Gasteiger partial charge in [-0.15, -0.1) is 0 Å². The Hall–Kier alpha value is -2.61. The maximum absolute atomic E-state index is 12.1. The summed E-state index contributed by atoms with van der Waals surface area (Å²) in [6, 6.07) is 8.42. The van der Waals surface area contributed by atoms with Crippen LogP contribution in [0.5, 0.6) is 0 Å². The lowest BCUT2D eigenvalue weighted by Gasteiger charge is -2.14. The Kier molecular flexibility index (Phi) is 2.86. The molecular weight excluding hydrogens is 230 g/mol. The summed E-state index contributed by atoms with van der Waals surface area (Å²) in [5, 5.41) is 9.06. The van der Waals surface area contributed by atoms with E-state index in [0.717, 1.165) is 4.90 Å². The lowest BCUT2D eigenvalue weighted by atomic mass is 10.1. The molecule has 0 unspecified atom stereocenters. The molecule has 2 rings (SSSR count). The van der Waals surface area contributed by atoms with Crippen LogP contribution in [-0.2, 0) is 0 Å². The van der Waals surface area contributed by atoms with Crippen LogP contribution in [0.1, 0.15) is 20.7 Å². The zero-order valence-corrected chi connectivity index (χ0v) is 10.0. The van der Waals surface area contributed by atoms with Crippen LogP contribution in [0.15, 0.2) is 36.2 Å². The van der Waals surface area contributed by atoms with Gasteiger partial charge in [0.25, 0.3) is 11.8 Å². The number of rotatable bonds is 2. The zero-order chi connectivity index (χ0) is 13.3. The van der Waals surface area contributed by atoms with E-state index in [1.807, 2.05) is 6.07 Å². The molecule has 0 radical (unpaired) electrons. The van der Waals surface area contributed by atoms with Crippen molar-refractivity contribution in [3.63, 3.8) is 0 Å². The van der Waals surface area contributed by atoms with Crippen molar-refractivity contribution in [3.05, 3.63) is 47.3 Å². The van der Waals surface area contributed by atoms with E-state index in [9.17, 15) is 9.59 Å². The Balaban J connectivity index is 2.49. The number of nitriles is 1. The Bertz CT molecular complexity index is 561. The predicted molar refractivity (Wildman–Crippen MR) is 64.3 cm³/mol. The molecule has 2 amide bonds. The fourth-order valence-electron chi connectivity index (χ4n) is 1.79. The minimum Gasteiger partial charge on any atom is -0.381 e. The minimum absolute atomic E-state index is 0.0196. The second kappa shape index (κ2) is 4.34. The highest BCUT2D eigenvalue weighted by Crippen LogP contribution is 2.25. The standard InChI is InChI=1S/C13H11N3O2/c1-15(2)8-9(7-14)16-12(17)10-5-3-4-6-11(10)13(16)18/h3-6,8H,1-2H3/b9-8-. The molecular formula is C13H11N3O2. The van der Waals surface area contributed by atoms with Gasteiger partial charge in [-0.25, -0.2) is 4.90 Å². The van der Waals surface area contributed by atoms with Gasteiger partial charge in [-0.1, -0.05) is 12.1 Å². The van der Waals surface area contributed by atoms with Crippen LogP contribution < -0.4 is 0 Å². The number of fused-ring (bicyclic) bond motifs is 1. The molecule has 0 atom stereocenters. The van der Waals surface area contributed by atoms with Crippen LogP contribution in [0.3, 0.4) is 0 Å². The van der Waals surface area contributed by atoms with E-state index in [-0.39, 0.29) is 5.70 Å². The van der Waals surface area contributed by atoms with Gasteiger partial charge in [-0.05, 0) is 12.1 Å². The number of amides is 2. The van der Waals surface area contributed by atoms with Crippen molar-refractivity contribution in [1.29, 1.82) is 5.26 Å². The highest BCUT2D eigenvalue weighted by Gasteiger charge is 2.37. The third-order valence-corrected chi connectivity index (χ3v) is 2.53. The van der Waals surface area contributed by atoms with E-state index < -0.39 is 11.8 Å². The third-order valence-electron chi connectivity index (χ3n) is 2.53. The summed E-state index contributed by atoms with van der Waals surface area (Å²) in [5.41, 5.74) is 0.691. The van der Waals surface area contributed by atoms with Gasteiger partial charge < -0.3 is 4.90 Å². The molecule has 1 aliphatic rings. The largest absolute Gasteiger partial charge is 0.381 e.